The van der Waals surface area contributed by atoms with Gasteiger partial charge in [0.25, 0.3) is 0 Å². The number of aliphatic imine (C=N–C) groups is 2. The fourth-order valence-electron chi connectivity index (χ4n) is 3.26. The van der Waals surface area contributed by atoms with Gasteiger partial charge in [-0.3, -0.25) is 9.98 Å². The Labute approximate surface area is 221 Å². The summed E-state index contributed by atoms with van der Waals surface area (Å²) in [6.45, 7) is 0. The summed E-state index contributed by atoms with van der Waals surface area (Å²) < 4.78 is 10.4. The lowest BCUT2D eigenvalue weighted by Crippen LogP contribution is -1.85. The number of rotatable bonds is 7. The van der Waals surface area contributed by atoms with Crippen molar-refractivity contribution in [3.63, 3.8) is 0 Å². The zero-order valence-electron chi connectivity index (χ0n) is 19.1. The first-order valence-corrected chi connectivity index (χ1v) is 11.3. The minimum absolute atomic E-state index is 0. The first kappa shape index (κ1) is 26.3. The van der Waals surface area contributed by atoms with Crippen molar-refractivity contribution < 1.29 is 9.47 Å². The summed E-state index contributed by atoms with van der Waals surface area (Å²) in [5.74, 6) is 1.61. The van der Waals surface area contributed by atoms with Gasteiger partial charge in [-0.05, 0) is 83.4 Å². The molecule has 0 saturated carbocycles. The predicted octanol–water partition coefficient (Wildman–Crippen LogP) is 8.60. The average Bonchev–Trinajstić information content (AvgIpc) is 2.89. The monoisotopic (exact) mass is 524 g/mol. The summed E-state index contributed by atoms with van der Waals surface area (Å²) in [4.78, 5) is 9.03. The van der Waals surface area contributed by atoms with E-state index in [9.17, 15) is 0 Å². The number of hydrogen-bond donors (Lipinski definition) is 0. The van der Waals surface area contributed by atoms with Crippen LogP contribution in [-0.2, 0) is 0 Å². The van der Waals surface area contributed by atoms with E-state index in [2.05, 4.69) is 9.98 Å². The number of nitrogens with zero attached hydrogens (tertiary/aromatic N) is 2. The lowest BCUT2D eigenvalue weighted by Gasteiger charge is -2.09. The van der Waals surface area contributed by atoms with Crippen LogP contribution >= 0.6 is 35.6 Å². The van der Waals surface area contributed by atoms with Gasteiger partial charge in [0.1, 0.15) is 11.5 Å². The Kier molecular flexibility index (Phi) is 9.32. The molecule has 0 aliphatic carbocycles. The highest BCUT2D eigenvalue weighted by atomic mass is 35.5. The zero-order valence-corrected chi connectivity index (χ0v) is 21.4. The third-order valence-electron chi connectivity index (χ3n) is 5.19. The minimum Gasteiger partial charge on any atom is -0.497 e. The van der Waals surface area contributed by atoms with Gasteiger partial charge in [-0.25, -0.2) is 0 Å². The van der Waals surface area contributed by atoms with Crippen molar-refractivity contribution in [2.75, 3.05) is 14.2 Å². The molecule has 178 valence electrons. The first-order chi connectivity index (χ1) is 16.6. The Hall–Kier alpha value is -3.31. The SMILES string of the molecule is COc1ccc(C=Nc2ccc(-c3ccc(N=Cc4ccc(OC)cc4)c(Cl)c3Cl)cc2)cc1.Cl. The number of benzene rings is 4. The van der Waals surface area contributed by atoms with Crippen LogP contribution in [0.5, 0.6) is 11.5 Å². The average molecular weight is 526 g/mol. The van der Waals surface area contributed by atoms with Crippen LogP contribution < -0.4 is 9.47 Å². The van der Waals surface area contributed by atoms with Crippen LogP contribution in [0.1, 0.15) is 11.1 Å². The molecule has 0 amide bonds. The Balaban J connectivity index is 0.00000342. The van der Waals surface area contributed by atoms with Crippen molar-refractivity contribution in [2.45, 2.75) is 0 Å². The summed E-state index contributed by atoms with van der Waals surface area (Å²) in [6, 6.07) is 26.9. The summed E-state index contributed by atoms with van der Waals surface area (Å²) >= 11 is 13.1. The maximum atomic E-state index is 6.60. The third kappa shape index (κ3) is 6.64. The Morgan fingerprint density at radius 2 is 1.11 bits per heavy atom. The van der Waals surface area contributed by atoms with Gasteiger partial charge in [0, 0.05) is 18.0 Å². The summed E-state index contributed by atoms with van der Waals surface area (Å²) in [7, 11) is 3.28. The standard InChI is InChI=1S/C28H22Cl2N2O2.ClH/c1-33-23-11-3-19(4-12-23)17-31-22-9-7-21(8-10-22)25-15-16-26(28(30)27(25)29)32-18-20-5-13-24(34-2)14-6-20;/h3-18H,1-2H3;1H. The molecule has 4 aromatic rings. The molecule has 0 aliphatic heterocycles. The molecule has 0 saturated heterocycles. The molecule has 0 aromatic heterocycles. The fourth-order valence-corrected chi connectivity index (χ4v) is 3.74. The van der Waals surface area contributed by atoms with Crippen LogP contribution in [0.2, 0.25) is 10.0 Å². The van der Waals surface area contributed by atoms with Crippen LogP contribution in [0.3, 0.4) is 0 Å². The van der Waals surface area contributed by atoms with Crippen molar-refractivity contribution in [3.05, 3.63) is 106 Å². The quantitative estimate of drug-likeness (QED) is 0.227. The second-order valence-electron chi connectivity index (χ2n) is 7.37. The molecule has 0 fully saturated rings. The maximum absolute atomic E-state index is 6.60. The first-order valence-electron chi connectivity index (χ1n) is 10.5. The molecule has 4 nitrogen and oxygen atoms in total. The maximum Gasteiger partial charge on any atom is 0.118 e. The molecule has 0 heterocycles. The van der Waals surface area contributed by atoms with Crippen LogP contribution in [0.4, 0.5) is 11.4 Å². The van der Waals surface area contributed by atoms with E-state index in [1.54, 1.807) is 20.4 Å². The topological polar surface area (TPSA) is 43.2 Å². The van der Waals surface area contributed by atoms with Crippen molar-refractivity contribution in [3.8, 4) is 22.6 Å². The van der Waals surface area contributed by atoms with Gasteiger partial charge >= 0.3 is 0 Å². The van der Waals surface area contributed by atoms with E-state index >= 15 is 0 Å². The smallest absolute Gasteiger partial charge is 0.118 e. The van der Waals surface area contributed by atoms with Crippen molar-refractivity contribution in [1.82, 2.24) is 0 Å². The van der Waals surface area contributed by atoms with Crippen LogP contribution in [0.25, 0.3) is 11.1 Å². The van der Waals surface area contributed by atoms with Gasteiger partial charge in [-0.15, -0.1) is 12.4 Å². The normalized spacial score (nSPS) is 11.0. The molecular weight excluding hydrogens is 503 g/mol. The van der Waals surface area contributed by atoms with E-state index in [0.717, 1.165) is 39.4 Å². The molecule has 4 rings (SSSR count). The van der Waals surface area contributed by atoms with E-state index in [1.807, 2.05) is 91.1 Å². The van der Waals surface area contributed by atoms with Gasteiger partial charge in [0.05, 0.1) is 35.6 Å². The van der Waals surface area contributed by atoms with E-state index in [-0.39, 0.29) is 12.4 Å². The van der Waals surface area contributed by atoms with E-state index in [4.69, 9.17) is 32.7 Å². The number of methoxy groups -OCH3 is 2. The summed E-state index contributed by atoms with van der Waals surface area (Å²) in [5.41, 5.74) is 5.14. The van der Waals surface area contributed by atoms with Gasteiger partial charge in [0.2, 0.25) is 0 Å². The van der Waals surface area contributed by atoms with Crippen LogP contribution in [0.15, 0.2) is 94.9 Å². The summed E-state index contributed by atoms with van der Waals surface area (Å²) in [6.07, 6.45) is 3.56. The highest BCUT2D eigenvalue weighted by Crippen LogP contribution is 2.40. The van der Waals surface area contributed by atoms with Crippen molar-refractivity contribution >= 4 is 59.4 Å². The molecule has 0 atom stereocenters. The van der Waals surface area contributed by atoms with E-state index in [0.29, 0.717) is 15.7 Å². The van der Waals surface area contributed by atoms with E-state index in [1.165, 1.54) is 0 Å². The van der Waals surface area contributed by atoms with Gasteiger partial charge < -0.3 is 9.47 Å². The number of ether oxygens (including phenoxy) is 2. The molecule has 7 heteroatoms. The van der Waals surface area contributed by atoms with Gasteiger partial charge in [-0.2, -0.15) is 0 Å². The molecule has 0 N–H and O–H groups in total. The second kappa shape index (κ2) is 12.4. The van der Waals surface area contributed by atoms with Crippen molar-refractivity contribution in [1.29, 1.82) is 0 Å². The molecule has 0 bridgehead atoms. The Morgan fingerprint density at radius 1 is 0.600 bits per heavy atom. The lowest BCUT2D eigenvalue weighted by molar-refractivity contribution is 0.414. The fraction of sp³-hybridized carbons (Fsp3) is 0.0714. The van der Waals surface area contributed by atoms with Gasteiger partial charge in [-0.1, -0.05) is 41.4 Å². The van der Waals surface area contributed by atoms with Crippen molar-refractivity contribution in [2.24, 2.45) is 9.98 Å². The van der Waals surface area contributed by atoms with Gasteiger partial charge in [0.15, 0.2) is 0 Å². The molecule has 0 unspecified atom stereocenters. The molecule has 0 spiro atoms. The molecule has 35 heavy (non-hydrogen) atoms. The van der Waals surface area contributed by atoms with E-state index < -0.39 is 0 Å². The Morgan fingerprint density at radius 3 is 1.63 bits per heavy atom. The largest absolute Gasteiger partial charge is 0.497 e. The highest BCUT2D eigenvalue weighted by molar-refractivity contribution is 6.45. The predicted molar refractivity (Wildman–Crippen MR) is 150 cm³/mol. The molecular formula is C28H23Cl3N2O2. The third-order valence-corrected chi connectivity index (χ3v) is 6.06. The number of hydrogen-bond acceptors (Lipinski definition) is 4. The second-order valence-corrected chi connectivity index (χ2v) is 8.13. The van der Waals surface area contributed by atoms with Crippen LogP contribution in [-0.4, -0.2) is 26.6 Å². The highest BCUT2D eigenvalue weighted by Gasteiger charge is 2.11. The molecule has 0 aliphatic rings. The molecule has 0 radical (unpaired) electrons. The Bertz CT molecular complexity index is 1320. The lowest BCUT2D eigenvalue weighted by atomic mass is 10.0. The van der Waals surface area contributed by atoms with Crippen LogP contribution in [0, 0.1) is 0 Å². The minimum atomic E-state index is 0. The summed E-state index contributed by atoms with van der Waals surface area (Å²) in [5, 5.41) is 0.867. The zero-order chi connectivity index (χ0) is 23.9. The molecule has 4 aromatic carbocycles. The number of halogens is 3.